The van der Waals surface area contributed by atoms with Gasteiger partial charge >= 0.3 is 0 Å². The summed E-state index contributed by atoms with van der Waals surface area (Å²) in [5.41, 5.74) is 10.3. The zero-order chi connectivity index (χ0) is 23.9. The molecule has 3 aromatic rings. The first-order chi connectivity index (χ1) is 15.8. The highest BCUT2D eigenvalue weighted by atomic mass is 16.5. The molecule has 1 amide bonds. The lowest BCUT2D eigenvalue weighted by Gasteiger charge is -2.23. The molecule has 176 valence electrons. The fraction of sp³-hybridized carbons (Fsp3) is 0.480. The van der Waals surface area contributed by atoms with Gasteiger partial charge in [0.1, 0.15) is 17.1 Å². The van der Waals surface area contributed by atoms with E-state index in [0.29, 0.717) is 35.2 Å². The molecule has 4 rings (SSSR count). The van der Waals surface area contributed by atoms with Crippen LogP contribution in [0.5, 0.6) is 11.6 Å². The summed E-state index contributed by atoms with van der Waals surface area (Å²) < 4.78 is 13.0. The Bertz CT molecular complexity index is 1190. The third kappa shape index (κ3) is 3.82. The number of carbonyl (C=O) groups is 1. The molecule has 2 aromatic heterocycles. The van der Waals surface area contributed by atoms with E-state index in [-0.39, 0.29) is 18.0 Å². The van der Waals surface area contributed by atoms with Crippen molar-refractivity contribution >= 4 is 16.9 Å². The number of methoxy groups -OCH3 is 2. The standard InChI is InChI=1S/C25H33N5O3/c1-7-15-13-30(14(3)22(15)26)25(31)16-11-19-23(20(12-16)32-5)29(4)24(28-19)17-9-10-21(33-6)27-18(17)8-2/h9-12,14-15,22H,7-8,13,26H2,1-6H3/t14-,15-,22+/m1/s1. The van der Waals surface area contributed by atoms with Gasteiger partial charge in [-0.15, -0.1) is 0 Å². The molecule has 0 saturated carbocycles. The minimum Gasteiger partial charge on any atom is -0.494 e. The number of amides is 1. The maximum atomic E-state index is 13.5. The van der Waals surface area contributed by atoms with Gasteiger partial charge in [-0.25, -0.2) is 9.97 Å². The van der Waals surface area contributed by atoms with Crippen molar-refractivity contribution in [2.75, 3.05) is 20.8 Å². The molecule has 33 heavy (non-hydrogen) atoms. The van der Waals surface area contributed by atoms with Crippen molar-refractivity contribution in [3.8, 4) is 23.0 Å². The normalized spacial score (nSPS) is 20.5. The molecule has 3 heterocycles. The highest BCUT2D eigenvalue weighted by Gasteiger charge is 2.38. The van der Waals surface area contributed by atoms with E-state index >= 15 is 0 Å². The predicted octanol–water partition coefficient (Wildman–Crippen LogP) is 3.41. The molecule has 1 aliphatic rings. The second kappa shape index (κ2) is 9.02. The van der Waals surface area contributed by atoms with Gasteiger partial charge in [0.15, 0.2) is 0 Å². The molecule has 0 aliphatic carbocycles. The monoisotopic (exact) mass is 451 g/mol. The van der Waals surface area contributed by atoms with Crippen LogP contribution in [-0.4, -0.2) is 58.2 Å². The van der Waals surface area contributed by atoms with Crippen LogP contribution in [0.15, 0.2) is 24.3 Å². The number of carbonyl (C=O) groups excluding carboxylic acids is 1. The minimum absolute atomic E-state index is 0.0129. The lowest BCUT2D eigenvalue weighted by Crippen LogP contribution is -2.41. The molecule has 0 bridgehead atoms. The van der Waals surface area contributed by atoms with Crippen LogP contribution in [0.1, 0.15) is 43.2 Å². The van der Waals surface area contributed by atoms with Gasteiger partial charge in [0.25, 0.3) is 5.91 Å². The fourth-order valence-electron chi connectivity index (χ4n) is 4.88. The number of rotatable bonds is 6. The van der Waals surface area contributed by atoms with Crippen molar-refractivity contribution in [2.24, 2.45) is 18.7 Å². The number of imidazole rings is 1. The number of benzene rings is 1. The summed E-state index contributed by atoms with van der Waals surface area (Å²) in [6.07, 6.45) is 1.69. The maximum absolute atomic E-state index is 13.5. The Kier molecular flexibility index (Phi) is 6.30. The molecule has 1 aromatic carbocycles. The van der Waals surface area contributed by atoms with E-state index in [4.69, 9.17) is 20.2 Å². The van der Waals surface area contributed by atoms with E-state index in [1.165, 1.54) is 0 Å². The van der Waals surface area contributed by atoms with E-state index in [2.05, 4.69) is 18.8 Å². The smallest absolute Gasteiger partial charge is 0.254 e. The summed E-state index contributed by atoms with van der Waals surface area (Å²) >= 11 is 0. The summed E-state index contributed by atoms with van der Waals surface area (Å²) in [5.74, 6) is 2.22. The van der Waals surface area contributed by atoms with E-state index in [1.807, 2.05) is 41.6 Å². The lowest BCUT2D eigenvalue weighted by atomic mass is 9.98. The molecule has 0 spiro atoms. The molecule has 0 unspecified atom stereocenters. The Morgan fingerprint density at radius 1 is 1.18 bits per heavy atom. The Morgan fingerprint density at radius 2 is 1.94 bits per heavy atom. The van der Waals surface area contributed by atoms with Crippen molar-refractivity contribution in [1.29, 1.82) is 0 Å². The molecule has 8 nitrogen and oxygen atoms in total. The number of nitrogens with zero attached hydrogens (tertiary/aromatic N) is 4. The van der Waals surface area contributed by atoms with Crippen LogP contribution < -0.4 is 15.2 Å². The van der Waals surface area contributed by atoms with Crippen LogP contribution in [0.3, 0.4) is 0 Å². The molecule has 3 atom stereocenters. The predicted molar refractivity (Wildman–Crippen MR) is 129 cm³/mol. The molecular formula is C25H33N5O3. The van der Waals surface area contributed by atoms with E-state index in [1.54, 1.807) is 20.3 Å². The second-order valence-corrected chi connectivity index (χ2v) is 8.69. The van der Waals surface area contributed by atoms with Gasteiger partial charge in [0.2, 0.25) is 5.88 Å². The van der Waals surface area contributed by atoms with Gasteiger partial charge in [-0.3, -0.25) is 4.79 Å². The quantitative estimate of drug-likeness (QED) is 0.617. The van der Waals surface area contributed by atoms with Crippen LogP contribution in [0.2, 0.25) is 0 Å². The molecule has 2 N–H and O–H groups in total. The molecule has 0 radical (unpaired) electrons. The molecule has 8 heteroatoms. The fourth-order valence-corrected chi connectivity index (χ4v) is 4.88. The second-order valence-electron chi connectivity index (χ2n) is 8.69. The van der Waals surface area contributed by atoms with Crippen LogP contribution in [0.4, 0.5) is 0 Å². The van der Waals surface area contributed by atoms with Gasteiger partial charge in [0.05, 0.1) is 25.4 Å². The number of aryl methyl sites for hydroxylation is 2. The number of aromatic nitrogens is 3. The summed E-state index contributed by atoms with van der Waals surface area (Å²) in [7, 11) is 5.17. The average Bonchev–Trinajstić information content (AvgIpc) is 3.33. The van der Waals surface area contributed by atoms with Crippen molar-refractivity contribution in [3.63, 3.8) is 0 Å². The summed E-state index contributed by atoms with van der Waals surface area (Å²) in [5, 5.41) is 0. The molecule has 1 fully saturated rings. The van der Waals surface area contributed by atoms with Crippen LogP contribution in [0, 0.1) is 5.92 Å². The topological polar surface area (TPSA) is 95.5 Å². The first-order valence-corrected chi connectivity index (χ1v) is 11.5. The number of ether oxygens (including phenoxy) is 2. The zero-order valence-electron chi connectivity index (χ0n) is 20.3. The van der Waals surface area contributed by atoms with E-state index < -0.39 is 0 Å². The number of pyridine rings is 1. The highest BCUT2D eigenvalue weighted by Crippen LogP contribution is 2.34. The van der Waals surface area contributed by atoms with Gasteiger partial charge in [-0.05, 0) is 37.5 Å². The maximum Gasteiger partial charge on any atom is 0.254 e. The summed E-state index contributed by atoms with van der Waals surface area (Å²) in [6.45, 7) is 6.86. The van der Waals surface area contributed by atoms with Crippen molar-refractivity contribution in [1.82, 2.24) is 19.4 Å². The van der Waals surface area contributed by atoms with Crippen molar-refractivity contribution in [3.05, 3.63) is 35.5 Å². The number of likely N-dealkylation sites (tertiary alicyclic amines) is 1. The van der Waals surface area contributed by atoms with E-state index in [0.717, 1.165) is 35.4 Å². The Hall–Kier alpha value is -3.13. The molecule has 1 aliphatic heterocycles. The highest BCUT2D eigenvalue weighted by molar-refractivity contribution is 6.00. The number of nitrogens with two attached hydrogens (primary N) is 1. The third-order valence-electron chi connectivity index (χ3n) is 6.94. The largest absolute Gasteiger partial charge is 0.494 e. The third-order valence-corrected chi connectivity index (χ3v) is 6.94. The number of hydrogen-bond donors (Lipinski definition) is 1. The summed E-state index contributed by atoms with van der Waals surface area (Å²) in [4.78, 5) is 24.8. The number of hydrogen-bond acceptors (Lipinski definition) is 6. The Morgan fingerprint density at radius 3 is 2.55 bits per heavy atom. The van der Waals surface area contributed by atoms with Gasteiger partial charge < -0.3 is 24.7 Å². The van der Waals surface area contributed by atoms with E-state index in [9.17, 15) is 4.79 Å². The SMILES string of the molecule is CCc1nc(OC)ccc1-c1nc2cc(C(=O)N3C[C@@H](CC)[C@@H](N)[C@H]3C)cc(OC)c2n1C. The minimum atomic E-state index is -0.0401. The zero-order valence-corrected chi connectivity index (χ0v) is 20.3. The first kappa shape index (κ1) is 23.0. The molecule has 1 saturated heterocycles. The van der Waals surface area contributed by atoms with Crippen LogP contribution in [0.25, 0.3) is 22.4 Å². The Balaban J connectivity index is 1.80. The van der Waals surface area contributed by atoms with Crippen molar-refractivity contribution in [2.45, 2.75) is 45.7 Å². The van der Waals surface area contributed by atoms with Gasteiger partial charge in [-0.1, -0.05) is 20.3 Å². The van der Waals surface area contributed by atoms with Gasteiger partial charge in [0, 0.05) is 42.9 Å². The van der Waals surface area contributed by atoms with Crippen LogP contribution >= 0.6 is 0 Å². The first-order valence-electron chi connectivity index (χ1n) is 11.5. The van der Waals surface area contributed by atoms with Gasteiger partial charge in [-0.2, -0.15) is 0 Å². The average molecular weight is 452 g/mol. The van der Waals surface area contributed by atoms with Crippen molar-refractivity contribution < 1.29 is 14.3 Å². The molecular weight excluding hydrogens is 418 g/mol. The van der Waals surface area contributed by atoms with Crippen LogP contribution in [-0.2, 0) is 13.5 Å². The lowest BCUT2D eigenvalue weighted by molar-refractivity contribution is 0.0739. The summed E-state index contributed by atoms with van der Waals surface area (Å²) in [6, 6.07) is 7.44. The number of fused-ring (bicyclic) bond motifs is 1. The Labute approximate surface area is 194 Å².